The van der Waals surface area contributed by atoms with E-state index in [0.29, 0.717) is 37.6 Å². The molecule has 0 aliphatic carbocycles. The number of hydrogen-bond donors (Lipinski definition) is 0. The molecule has 0 saturated carbocycles. The van der Waals surface area contributed by atoms with E-state index in [9.17, 15) is 18.0 Å². The van der Waals surface area contributed by atoms with Gasteiger partial charge in [0.2, 0.25) is 15.5 Å². The summed E-state index contributed by atoms with van der Waals surface area (Å²) in [4.78, 5) is 28.2. The summed E-state index contributed by atoms with van der Waals surface area (Å²) in [5, 5.41) is 0.257. The standard InChI is InChI=1S/C23H33N3O4S/c1-5-11-25(12-6-2)23(28)20-16-24(4)21-8-7-18(15-19(21)22(20)27)31(29,30)26-13-9-17(3)10-14-26/h7-8,15-17H,5-6,9-14H2,1-4H3. The number of benzene rings is 1. The van der Waals surface area contributed by atoms with Crippen LogP contribution in [0.2, 0.25) is 0 Å². The molecule has 1 aliphatic heterocycles. The molecule has 1 aromatic heterocycles. The van der Waals surface area contributed by atoms with Gasteiger partial charge in [0, 0.05) is 44.8 Å². The van der Waals surface area contributed by atoms with Gasteiger partial charge in [-0.1, -0.05) is 20.8 Å². The van der Waals surface area contributed by atoms with Crippen LogP contribution in [0.15, 0.2) is 34.1 Å². The summed E-state index contributed by atoms with van der Waals surface area (Å²) in [7, 11) is -1.92. The largest absolute Gasteiger partial charge is 0.350 e. The van der Waals surface area contributed by atoms with Crippen LogP contribution in [-0.2, 0) is 17.1 Å². The molecule has 0 radical (unpaired) electrons. The number of fused-ring (bicyclic) bond motifs is 1. The van der Waals surface area contributed by atoms with Crippen molar-refractivity contribution in [2.24, 2.45) is 13.0 Å². The number of rotatable bonds is 7. The summed E-state index contributed by atoms with van der Waals surface area (Å²) in [6.45, 7) is 8.25. The highest BCUT2D eigenvalue weighted by Crippen LogP contribution is 2.25. The van der Waals surface area contributed by atoms with E-state index >= 15 is 0 Å². The molecule has 0 atom stereocenters. The highest BCUT2D eigenvalue weighted by molar-refractivity contribution is 7.89. The highest BCUT2D eigenvalue weighted by Gasteiger charge is 2.29. The maximum atomic E-state index is 13.3. The number of aryl methyl sites for hydroxylation is 1. The van der Waals surface area contributed by atoms with E-state index in [0.717, 1.165) is 25.7 Å². The number of sulfonamides is 1. The van der Waals surface area contributed by atoms with Gasteiger partial charge in [0.1, 0.15) is 5.56 Å². The fraction of sp³-hybridized carbons (Fsp3) is 0.565. The van der Waals surface area contributed by atoms with Crippen LogP contribution in [0.4, 0.5) is 0 Å². The molecule has 8 heteroatoms. The quantitative estimate of drug-likeness (QED) is 0.653. The number of hydrogen-bond acceptors (Lipinski definition) is 4. The van der Waals surface area contributed by atoms with E-state index in [1.807, 2.05) is 13.8 Å². The van der Waals surface area contributed by atoms with Gasteiger partial charge in [0.15, 0.2) is 0 Å². The molecule has 1 aliphatic rings. The molecule has 1 aromatic carbocycles. The first-order chi connectivity index (χ1) is 14.7. The monoisotopic (exact) mass is 447 g/mol. The number of aromatic nitrogens is 1. The zero-order chi connectivity index (χ0) is 22.8. The normalized spacial score (nSPS) is 16.0. The lowest BCUT2D eigenvalue weighted by molar-refractivity contribution is 0.0753. The van der Waals surface area contributed by atoms with Crippen LogP contribution in [0.25, 0.3) is 10.9 Å². The Morgan fingerprint density at radius 3 is 2.32 bits per heavy atom. The third-order valence-corrected chi connectivity index (χ3v) is 7.94. The number of pyridine rings is 1. The van der Waals surface area contributed by atoms with Crippen LogP contribution < -0.4 is 5.43 Å². The predicted octanol–water partition coefficient (Wildman–Crippen LogP) is 3.22. The lowest BCUT2D eigenvalue weighted by Gasteiger charge is -2.29. The molecule has 1 amide bonds. The van der Waals surface area contributed by atoms with E-state index in [4.69, 9.17) is 0 Å². The molecule has 1 saturated heterocycles. The second-order valence-electron chi connectivity index (χ2n) is 8.54. The third-order valence-electron chi connectivity index (χ3n) is 6.05. The predicted molar refractivity (Wildman–Crippen MR) is 123 cm³/mol. The Bertz CT molecular complexity index is 1110. The summed E-state index contributed by atoms with van der Waals surface area (Å²) >= 11 is 0. The van der Waals surface area contributed by atoms with Gasteiger partial charge in [0.05, 0.1) is 10.4 Å². The minimum absolute atomic E-state index is 0.0817. The number of amides is 1. The SMILES string of the molecule is CCCN(CCC)C(=O)c1cn(C)c2ccc(S(=O)(=O)N3CCC(C)CC3)cc2c1=O. The molecule has 0 N–H and O–H groups in total. The number of piperidine rings is 1. The zero-order valence-corrected chi connectivity index (χ0v) is 19.7. The average molecular weight is 448 g/mol. The molecular formula is C23H33N3O4S. The van der Waals surface area contributed by atoms with E-state index < -0.39 is 15.5 Å². The van der Waals surface area contributed by atoms with Crippen molar-refractivity contribution >= 4 is 26.8 Å². The molecule has 1 fully saturated rings. The Morgan fingerprint density at radius 2 is 1.74 bits per heavy atom. The fourth-order valence-corrected chi connectivity index (χ4v) is 5.68. The van der Waals surface area contributed by atoms with Gasteiger partial charge >= 0.3 is 0 Å². The Hall–Kier alpha value is -2.19. The van der Waals surface area contributed by atoms with Crippen molar-refractivity contribution < 1.29 is 13.2 Å². The Balaban J connectivity index is 2.07. The fourth-order valence-electron chi connectivity index (χ4n) is 4.18. The molecule has 170 valence electrons. The molecule has 2 aromatic rings. The first kappa shape index (κ1) is 23.5. The van der Waals surface area contributed by atoms with Gasteiger partial charge in [-0.15, -0.1) is 0 Å². The summed E-state index contributed by atoms with van der Waals surface area (Å²) in [5.41, 5.74) is 0.267. The second-order valence-corrected chi connectivity index (χ2v) is 10.5. The lowest BCUT2D eigenvalue weighted by atomic mass is 10.0. The van der Waals surface area contributed by atoms with Gasteiger partial charge < -0.3 is 9.47 Å². The van der Waals surface area contributed by atoms with Gasteiger partial charge in [-0.25, -0.2) is 8.42 Å². The van der Waals surface area contributed by atoms with Gasteiger partial charge in [-0.05, 0) is 49.8 Å². The van der Waals surface area contributed by atoms with Gasteiger partial charge in [-0.2, -0.15) is 4.31 Å². The summed E-state index contributed by atoms with van der Waals surface area (Å²) in [5.74, 6) is 0.211. The van der Waals surface area contributed by atoms with Crippen molar-refractivity contribution in [2.45, 2.75) is 51.3 Å². The number of carbonyl (C=O) groups excluding carboxylic acids is 1. The summed E-state index contributed by atoms with van der Waals surface area (Å²) < 4.78 is 29.6. The van der Waals surface area contributed by atoms with Gasteiger partial charge in [-0.3, -0.25) is 9.59 Å². The summed E-state index contributed by atoms with van der Waals surface area (Å²) in [6, 6.07) is 4.64. The molecule has 7 nitrogen and oxygen atoms in total. The van der Waals surface area contributed by atoms with E-state index in [1.54, 1.807) is 34.8 Å². The minimum Gasteiger partial charge on any atom is -0.350 e. The molecule has 3 rings (SSSR count). The van der Waals surface area contributed by atoms with Crippen LogP contribution >= 0.6 is 0 Å². The van der Waals surface area contributed by atoms with Crippen molar-refractivity contribution in [2.75, 3.05) is 26.2 Å². The van der Waals surface area contributed by atoms with Crippen LogP contribution in [-0.4, -0.2) is 54.3 Å². The molecule has 2 heterocycles. The molecule has 0 unspecified atom stereocenters. The van der Waals surface area contributed by atoms with Crippen molar-refractivity contribution in [3.8, 4) is 0 Å². The van der Waals surface area contributed by atoms with Crippen LogP contribution in [0.3, 0.4) is 0 Å². The van der Waals surface area contributed by atoms with E-state index in [2.05, 4.69) is 6.92 Å². The number of carbonyl (C=O) groups is 1. The van der Waals surface area contributed by atoms with Crippen molar-refractivity contribution in [1.82, 2.24) is 13.8 Å². The maximum Gasteiger partial charge on any atom is 0.259 e. The molecule has 31 heavy (non-hydrogen) atoms. The van der Waals surface area contributed by atoms with Gasteiger partial charge in [0.25, 0.3) is 5.91 Å². The molecule has 0 spiro atoms. The lowest BCUT2D eigenvalue weighted by Crippen LogP contribution is -2.38. The first-order valence-electron chi connectivity index (χ1n) is 11.1. The zero-order valence-electron chi connectivity index (χ0n) is 18.9. The van der Waals surface area contributed by atoms with Crippen molar-refractivity contribution in [3.05, 3.63) is 40.2 Å². The third kappa shape index (κ3) is 4.70. The molecule has 0 bridgehead atoms. The maximum absolute atomic E-state index is 13.3. The smallest absolute Gasteiger partial charge is 0.259 e. The van der Waals surface area contributed by atoms with Crippen LogP contribution in [0.1, 0.15) is 56.8 Å². The van der Waals surface area contributed by atoms with E-state index in [1.165, 1.54) is 10.4 Å². The van der Waals surface area contributed by atoms with Crippen LogP contribution in [0, 0.1) is 5.92 Å². The number of nitrogens with zero attached hydrogens (tertiary/aromatic N) is 3. The van der Waals surface area contributed by atoms with Crippen molar-refractivity contribution in [1.29, 1.82) is 0 Å². The second kappa shape index (κ2) is 9.53. The topological polar surface area (TPSA) is 79.7 Å². The Labute approximate surface area is 184 Å². The average Bonchev–Trinajstić information content (AvgIpc) is 2.75. The molecular weight excluding hydrogens is 414 g/mol. The highest BCUT2D eigenvalue weighted by atomic mass is 32.2. The minimum atomic E-state index is -3.68. The summed E-state index contributed by atoms with van der Waals surface area (Å²) in [6.07, 6.45) is 4.83. The van der Waals surface area contributed by atoms with Crippen LogP contribution in [0.5, 0.6) is 0 Å². The Morgan fingerprint density at radius 1 is 1.13 bits per heavy atom. The van der Waals surface area contributed by atoms with Crippen molar-refractivity contribution in [3.63, 3.8) is 0 Å². The van der Waals surface area contributed by atoms with E-state index in [-0.39, 0.29) is 21.8 Å². The Kier molecular flexibility index (Phi) is 7.21. The first-order valence-corrected chi connectivity index (χ1v) is 12.6.